The van der Waals surface area contributed by atoms with Gasteiger partial charge in [-0.15, -0.1) is 0 Å². The number of carbonyl (C=O) groups is 1. The molecule has 0 bridgehead atoms. The van der Waals surface area contributed by atoms with Gasteiger partial charge in [-0.1, -0.05) is 13.8 Å². The lowest BCUT2D eigenvalue weighted by Crippen LogP contribution is -2.29. The number of amides is 1. The van der Waals surface area contributed by atoms with E-state index in [-0.39, 0.29) is 8.76 Å². The molecule has 0 spiro atoms. The molecule has 1 unspecified atom stereocenters. The van der Waals surface area contributed by atoms with Crippen LogP contribution in [0.5, 0.6) is 0 Å². The van der Waals surface area contributed by atoms with Gasteiger partial charge in [0.25, 0.3) is 0 Å². The van der Waals surface area contributed by atoms with E-state index in [2.05, 4.69) is 24.5 Å². The topological polar surface area (TPSA) is 59.6 Å². The zero-order valence-corrected chi connectivity index (χ0v) is 12.0. The molecule has 1 atom stereocenters. The van der Waals surface area contributed by atoms with E-state index in [9.17, 15) is 4.79 Å². The van der Waals surface area contributed by atoms with Crippen LogP contribution in [0.3, 0.4) is 0 Å². The second-order valence-corrected chi connectivity index (χ2v) is 4.19. The second kappa shape index (κ2) is 12.8. The van der Waals surface area contributed by atoms with Gasteiger partial charge < -0.3 is 20.1 Å². The molecule has 5 nitrogen and oxygen atoms in total. The van der Waals surface area contributed by atoms with Crippen molar-refractivity contribution in [2.45, 2.75) is 39.7 Å². The molecule has 0 aromatic rings. The summed E-state index contributed by atoms with van der Waals surface area (Å²) in [4.78, 5) is 10.9. The van der Waals surface area contributed by atoms with Gasteiger partial charge in [-0.25, -0.2) is 0 Å². The summed E-state index contributed by atoms with van der Waals surface area (Å²) in [7, 11) is 0. The van der Waals surface area contributed by atoms with E-state index >= 15 is 0 Å². The Kier molecular flexibility index (Phi) is 12.3. The Balaban J connectivity index is -0.00000144. The van der Waals surface area contributed by atoms with Crippen LogP contribution < -0.4 is 10.6 Å². The molecule has 0 aliphatic rings. The fraction of sp³-hybridized carbons (Fsp3) is 0.923. The van der Waals surface area contributed by atoms with Crippen LogP contribution in [0, 0.1) is 0 Å². The molecule has 0 radical (unpaired) electrons. The minimum Gasteiger partial charge on any atom is -0.378 e. The van der Waals surface area contributed by atoms with E-state index in [4.69, 9.17) is 9.47 Å². The first-order valence-electron chi connectivity index (χ1n) is 6.86. The van der Waals surface area contributed by atoms with Gasteiger partial charge in [-0.2, -0.15) is 0 Å². The van der Waals surface area contributed by atoms with E-state index in [0.29, 0.717) is 45.4 Å². The SMILES string of the molecule is CCC(=O)NCCOCCOCCNC(C)CC.[HH].[HH]. The molecule has 0 aromatic heterocycles. The second-order valence-electron chi connectivity index (χ2n) is 4.19. The van der Waals surface area contributed by atoms with Crippen molar-refractivity contribution in [3.63, 3.8) is 0 Å². The van der Waals surface area contributed by atoms with E-state index in [1.807, 2.05) is 6.92 Å². The summed E-state index contributed by atoms with van der Waals surface area (Å²) in [5.41, 5.74) is 0. The first-order valence-corrected chi connectivity index (χ1v) is 6.86. The Morgan fingerprint density at radius 2 is 1.72 bits per heavy atom. The smallest absolute Gasteiger partial charge is 0.219 e. The zero-order chi connectivity index (χ0) is 13.6. The maximum atomic E-state index is 10.9. The highest BCUT2D eigenvalue weighted by Crippen LogP contribution is 1.86. The summed E-state index contributed by atoms with van der Waals surface area (Å²) in [5.74, 6) is 0.0611. The summed E-state index contributed by atoms with van der Waals surface area (Å²) < 4.78 is 10.7. The summed E-state index contributed by atoms with van der Waals surface area (Å²) in [6.07, 6.45) is 1.65. The standard InChI is InChI=1S/C13H28N2O3.2H2/c1-4-12(3)14-6-8-17-10-11-18-9-7-15-13(16)5-2;;/h12,14H,4-11H2,1-3H3,(H,15,16);2*1H. The van der Waals surface area contributed by atoms with Crippen LogP contribution >= 0.6 is 0 Å². The predicted molar refractivity (Wildman–Crippen MR) is 76.9 cm³/mol. The normalized spacial score (nSPS) is 12.4. The molecular formula is C13H32N2O3. The van der Waals surface area contributed by atoms with E-state index < -0.39 is 0 Å². The van der Waals surface area contributed by atoms with Crippen molar-refractivity contribution < 1.29 is 17.1 Å². The van der Waals surface area contributed by atoms with Gasteiger partial charge in [0.2, 0.25) is 5.91 Å². The first-order chi connectivity index (χ1) is 8.70. The van der Waals surface area contributed by atoms with Crippen molar-refractivity contribution in [3.8, 4) is 0 Å². The molecule has 112 valence electrons. The lowest BCUT2D eigenvalue weighted by molar-refractivity contribution is -0.121. The van der Waals surface area contributed by atoms with Crippen molar-refractivity contribution in [3.05, 3.63) is 0 Å². The predicted octanol–water partition coefficient (Wildman–Crippen LogP) is 1.43. The quantitative estimate of drug-likeness (QED) is 0.524. The maximum absolute atomic E-state index is 10.9. The van der Waals surface area contributed by atoms with Crippen LogP contribution in [0.4, 0.5) is 0 Å². The monoisotopic (exact) mass is 264 g/mol. The van der Waals surface area contributed by atoms with Crippen LogP contribution in [0.25, 0.3) is 0 Å². The van der Waals surface area contributed by atoms with Crippen LogP contribution in [-0.4, -0.2) is 51.5 Å². The highest BCUT2D eigenvalue weighted by atomic mass is 16.5. The Morgan fingerprint density at radius 3 is 2.28 bits per heavy atom. The molecular weight excluding hydrogens is 232 g/mol. The van der Waals surface area contributed by atoms with Crippen molar-refractivity contribution in [2.24, 2.45) is 0 Å². The van der Waals surface area contributed by atoms with Crippen LogP contribution in [0.2, 0.25) is 0 Å². The molecule has 18 heavy (non-hydrogen) atoms. The molecule has 5 heteroatoms. The fourth-order valence-electron chi connectivity index (χ4n) is 1.23. The molecule has 1 amide bonds. The fourth-order valence-corrected chi connectivity index (χ4v) is 1.23. The van der Waals surface area contributed by atoms with Gasteiger partial charge in [0.1, 0.15) is 0 Å². The summed E-state index contributed by atoms with van der Waals surface area (Å²) in [5, 5.41) is 6.10. The molecule has 0 saturated heterocycles. The summed E-state index contributed by atoms with van der Waals surface area (Å²) in [6.45, 7) is 10.0. The van der Waals surface area contributed by atoms with Gasteiger partial charge in [0.05, 0.1) is 26.4 Å². The van der Waals surface area contributed by atoms with E-state index in [0.717, 1.165) is 13.0 Å². The number of nitrogens with one attached hydrogen (secondary N) is 2. The van der Waals surface area contributed by atoms with E-state index in [1.165, 1.54) is 0 Å². The largest absolute Gasteiger partial charge is 0.378 e. The number of hydrogen-bond donors (Lipinski definition) is 2. The lowest BCUT2D eigenvalue weighted by Gasteiger charge is -2.11. The zero-order valence-electron chi connectivity index (χ0n) is 12.0. The third-order valence-corrected chi connectivity index (χ3v) is 2.61. The molecule has 0 saturated carbocycles. The molecule has 0 aliphatic heterocycles. The van der Waals surface area contributed by atoms with Gasteiger partial charge >= 0.3 is 0 Å². The van der Waals surface area contributed by atoms with Gasteiger partial charge in [0.15, 0.2) is 0 Å². The molecule has 0 rings (SSSR count). The highest BCUT2D eigenvalue weighted by Gasteiger charge is 1.97. The Labute approximate surface area is 114 Å². The third kappa shape index (κ3) is 11.8. The summed E-state index contributed by atoms with van der Waals surface area (Å²) in [6, 6.07) is 0.548. The van der Waals surface area contributed by atoms with Crippen molar-refractivity contribution in [2.75, 3.05) is 39.5 Å². The number of carbonyl (C=O) groups excluding carboxylic acids is 1. The average molecular weight is 264 g/mol. The minimum absolute atomic E-state index is 0. The van der Waals surface area contributed by atoms with Crippen LogP contribution in [0.15, 0.2) is 0 Å². The first kappa shape index (κ1) is 17.4. The third-order valence-electron chi connectivity index (χ3n) is 2.61. The Bertz CT molecular complexity index is 210. The average Bonchev–Trinajstić information content (AvgIpc) is 2.40. The number of rotatable bonds is 12. The highest BCUT2D eigenvalue weighted by molar-refractivity contribution is 5.75. The Hall–Kier alpha value is -0.650. The Morgan fingerprint density at radius 1 is 1.11 bits per heavy atom. The van der Waals surface area contributed by atoms with Gasteiger partial charge in [-0.3, -0.25) is 4.79 Å². The van der Waals surface area contributed by atoms with Crippen LogP contribution in [0.1, 0.15) is 36.5 Å². The van der Waals surface area contributed by atoms with E-state index in [1.54, 1.807) is 0 Å². The van der Waals surface area contributed by atoms with Crippen LogP contribution in [-0.2, 0) is 14.3 Å². The van der Waals surface area contributed by atoms with Crippen molar-refractivity contribution >= 4 is 5.91 Å². The molecule has 0 fully saturated rings. The van der Waals surface area contributed by atoms with Gasteiger partial charge in [0, 0.05) is 28.4 Å². The lowest BCUT2D eigenvalue weighted by atomic mass is 10.3. The van der Waals surface area contributed by atoms with Gasteiger partial charge in [-0.05, 0) is 13.3 Å². The maximum Gasteiger partial charge on any atom is 0.219 e. The van der Waals surface area contributed by atoms with Crippen molar-refractivity contribution in [1.82, 2.24) is 10.6 Å². The molecule has 0 aromatic carbocycles. The molecule has 0 aliphatic carbocycles. The molecule has 2 N–H and O–H groups in total. The number of ether oxygens (including phenoxy) is 2. The van der Waals surface area contributed by atoms with Crippen molar-refractivity contribution in [1.29, 1.82) is 0 Å². The minimum atomic E-state index is 0. The summed E-state index contributed by atoms with van der Waals surface area (Å²) >= 11 is 0. The molecule has 0 heterocycles. The number of hydrogen-bond acceptors (Lipinski definition) is 4.